The van der Waals surface area contributed by atoms with Gasteiger partial charge in [0.05, 0.1) is 19.5 Å². The van der Waals surface area contributed by atoms with Gasteiger partial charge >= 0.3 is 6.03 Å². The number of carbonyl (C=O) groups excluding carboxylic acids is 2. The van der Waals surface area contributed by atoms with Gasteiger partial charge in [-0.2, -0.15) is 0 Å². The average molecular weight is 359 g/mol. The maximum Gasteiger partial charge on any atom is 0.327 e. The summed E-state index contributed by atoms with van der Waals surface area (Å²) in [5.41, 5.74) is 1.47. The minimum Gasteiger partial charge on any atom is -0.383 e. The maximum absolute atomic E-state index is 12.5. The van der Waals surface area contributed by atoms with Crippen molar-refractivity contribution in [3.63, 3.8) is 0 Å². The van der Waals surface area contributed by atoms with Crippen LogP contribution in [-0.4, -0.2) is 87.6 Å². The molecule has 2 aliphatic heterocycles. The summed E-state index contributed by atoms with van der Waals surface area (Å²) in [6.45, 7) is 2.34. The van der Waals surface area contributed by atoms with Crippen LogP contribution in [0.25, 0.3) is 11.2 Å². The van der Waals surface area contributed by atoms with Gasteiger partial charge in [0.1, 0.15) is 18.4 Å². The Bertz CT molecular complexity index is 815. The highest BCUT2D eigenvalue weighted by molar-refractivity contribution is 6.02. The SMILES string of the molecule is COCCN1C(=O)CN(C2CCN(c3ncnc4nc[nH]c34)CC2)C1=O. The van der Waals surface area contributed by atoms with Crippen LogP contribution in [0.3, 0.4) is 0 Å². The van der Waals surface area contributed by atoms with E-state index in [9.17, 15) is 9.59 Å². The molecule has 2 aromatic rings. The number of fused-ring (bicyclic) bond motifs is 1. The number of urea groups is 1. The number of anilines is 1. The number of ether oxygens (including phenoxy) is 1. The first kappa shape index (κ1) is 16.7. The molecule has 0 aliphatic carbocycles. The van der Waals surface area contributed by atoms with Crippen LogP contribution in [0.4, 0.5) is 10.6 Å². The number of aromatic amines is 1. The molecular formula is C16H21N7O3. The van der Waals surface area contributed by atoms with Crippen LogP contribution in [0.1, 0.15) is 12.8 Å². The monoisotopic (exact) mass is 359 g/mol. The van der Waals surface area contributed by atoms with E-state index < -0.39 is 0 Å². The van der Waals surface area contributed by atoms with E-state index in [-0.39, 0.29) is 24.5 Å². The molecule has 0 bridgehead atoms. The van der Waals surface area contributed by atoms with E-state index in [1.165, 1.54) is 11.2 Å². The second kappa shape index (κ2) is 6.87. The lowest BCUT2D eigenvalue weighted by Crippen LogP contribution is -2.47. The molecular weight excluding hydrogens is 338 g/mol. The second-order valence-corrected chi connectivity index (χ2v) is 6.47. The van der Waals surface area contributed by atoms with Gasteiger partial charge in [-0.15, -0.1) is 0 Å². The Labute approximate surface area is 150 Å². The zero-order valence-corrected chi connectivity index (χ0v) is 14.6. The molecule has 0 aromatic carbocycles. The lowest BCUT2D eigenvalue weighted by molar-refractivity contribution is -0.125. The third kappa shape index (κ3) is 2.85. The van der Waals surface area contributed by atoms with Crippen molar-refractivity contribution >= 4 is 28.9 Å². The van der Waals surface area contributed by atoms with Crippen molar-refractivity contribution in [2.24, 2.45) is 0 Å². The Kier molecular flexibility index (Phi) is 4.41. The zero-order chi connectivity index (χ0) is 18.1. The molecule has 3 amide bonds. The third-order valence-electron chi connectivity index (χ3n) is 5.01. The summed E-state index contributed by atoms with van der Waals surface area (Å²) in [5.74, 6) is 0.681. The normalized spacial score (nSPS) is 19.2. The van der Waals surface area contributed by atoms with E-state index in [4.69, 9.17) is 4.74 Å². The van der Waals surface area contributed by atoms with Gasteiger partial charge in [0.15, 0.2) is 11.5 Å². The van der Waals surface area contributed by atoms with Crippen molar-refractivity contribution in [3.8, 4) is 0 Å². The Morgan fingerprint density at radius 1 is 1.23 bits per heavy atom. The van der Waals surface area contributed by atoms with E-state index in [0.717, 1.165) is 37.3 Å². The maximum atomic E-state index is 12.5. The number of H-pyrrole nitrogens is 1. The molecule has 2 aromatic heterocycles. The summed E-state index contributed by atoms with van der Waals surface area (Å²) in [6.07, 6.45) is 4.70. The fourth-order valence-electron chi connectivity index (χ4n) is 3.63. The smallest absolute Gasteiger partial charge is 0.327 e. The Morgan fingerprint density at radius 3 is 2.81 bits per heavy atom. The summed E-state index contributed by atoms with van der Waals surface area (Å²) in [7, 11) is 1.56. The topological polar surface area (TPSA) is 108 Å². The van der Waals surface area contributed by atoms with Gasteiger partial charge in [-0.25, -0.2) is 19.7 Å². The van der Waals surface area contributed by atoms with Crippen LogP contribution in [0.15, 0.2) is 12.7 Å². The van der Waals surface area contributed by atoms with Crippen LogP contribution in [0, 0.1) is 0 Å². The summed E-state index contributed by atoms with van der Waals surface area (Å²) < 4.78 is 4.98. The minimum absolute atomic E-state index is 0.0642. The molecule has 0 saturated carbocycles. The standard InChI is InChI=1S/C16H21N7O3/c1-26-7-6-22-12(24)8-23(16(22)25)11-2-4-21(5-3-11)15-13-14(18-9-17-13)19-10-20-15/h9-11H,2-8H2,1H3,(H,17,18,19,20). The average Bonchev–Trinajstić information content (AvgIpc) is 3.25. The summed E-state index contributed by atoms with van der Waals surface area (Å²) in [4.78, 5) is 45.6. The lowest BCUT2D eigenvalue weighted by atomic mass is 10.0. The van der Waals surface area contributed by atoms with E-state index in [0.29, 0.717) is 18.8 Å². The number of amides is 3. The van der Waals surface area contributed by atoms with Crippen LogP contribution in [-0.2, 0) is 9.53 Å². The third-order valence-corrected chi connectivity index (χ3v) is 5.01. The van der Waals surface area contributed by atoms with Gasteiger partial charge in [-0.05, 0) is 12.8 Å². The molecule has 0 atom stereocenters. The molecule has 0 spiro atoms. The number of imidazole rings is 1. The summed E-state index contributed by atoms with van der Waals surface area (Å²) in [5, 5.41) is 0. The number of nitrogens with one attached hydrogen (secondary N) is 1. The number of methoxy groups -OCH3 is 1. The number of carbonyl (C=O) groups is 2. The first-order valence-electron chi connectivity index (χ1n) is 8.68. The van der Waals surface area contributed by atoms with E-state index >= 15 is 0 Å². The number of nitrogens with zero attached hydrogens (tertiary/aromatic N) is 6. The number of piperidine rings is 1. The quantitative estimate of drug-likeness (QED) is 0.762. The van der Waals surface area contributed by atoms with Crippen molar-refractivity contribution < 1.29 is 14.3 Å². The second-order valence-electron chi connectivity index (χ2n) is 6.47. The highest BCUT2D eigenvalue weighted by Crippen LogP contribution is 2.27. The Balaban J connectivity index is 1.42. The van der Waals surface area contributed by atoms with Gasteiger partial charge in [0, 0.05) is 26.2 Å². The van der Waals surface area contributed by atoms with Crippen LogP contribution >= 0.6 is 0 Å². The van der Waals surface area contributed by atoms with Crippen LogP contribution in [0.5, 0.6) is 0 Å². The van der Waals surface area contributed by atoms with Gasteiger partial charge in [-0.3, -0.25) is 9.69 Å². The molecule has 2 saturated heterocycles. The highest BCUT2D eigenvalue weighted by atomic mass is 16.5. The van der Waals surface area contributed by atoms with Crippen LogP contribution in [0.2, 0.25) is 0 Å². The highest BCUT2D eigenvalue weighted by Gasteiger charge is 2.40. The minimum atomic E-state index is -0.205. The van der Waals surface area contributed by atoms with Gasteiger partial charge < -0.3 is 19.5 Å². The molecule has 10 heteroatoms. The van der Waals surface area contributed by atoms with Crippen molar-refractivity contribution in [2.45, 2.75) is 18.9 Å². The molecule has 26 heavy (non-hydrogen) atoms. The van der Waals surface area contributed by atoms with Gasteiger partial charge in [0.2, 0.25) is 5.91 Å². The van der Waals surface area contributed by atoms with Gasteiger partial charge in [0.25, 0.3) is 0 Å². The molecule has 10 nitrogen and oxygen atoms in total. The molecule has 2 aliphatic rings. The predicted molar refractivity (Wildman–Crippen MR) is 92.6 cm³/mol. The molecule has 4 heterocycles. The molecule has 0 radical (unpaired) electrons. The van der Waals surface area contributed by atoms with Crippen molar-refractivity contribution in [1.82, 2.24) is 29.7 Å². The molecule has 2 fully saturated rings. The predicted octanol–water partition coefficient (Wildman–Crippen LogP) is 0.232. The number of imide groups is 1. The van der Waals surface area contributed by atoms with Crippen molar-refractivity contribution in [2.75, 3.05) is 44.8 Å². The summed E-state index contributed by atoms with van der Waals surface area (Å²) >= 11 is 0. The van der Waals surface area contributed by atoms with E-state index in [1.807, 2.05) is 0 Å². The molecule has 138 valence electrons. The van der Waals surface area contributed by atoms with Gasteiger partial charge in [-0.1, -0.05) is 0 Å². The fourth-order valence-corrected chi connectivity index (χ4v) is 3.63. The largest absolute Gasteiger partial charge is 0.383 e. The number of hydrogen-bond donors (Lipinski definition) is 1. The molecule has 0 unspecified atom stereocenters. The summed E-state index contributed by atoms with van der Waals surface area (Å²) in [6, 6.07) is -0.141. The van der Waals surface area contributed by atoms with E-state index in [1.54, 1.807) is 18.3 Å². The van der Waals surface area contributed by atoms with E-state index in [2.05, 4.69) is 24.8 Å². The molecule has 1 N–H and O–H groups in total. The fraction of sp³-hybridized carbons (Fsp3) is 0.562. The Hall–Kier alpha value is -2.75. The Morgan fingerprint density at radius 2 is 2.04 bits per heavy atom. The first-order chi connectivity index (χ1) is 12.7. The van der Waals surface area contributed by atoms with Crippen molar-refractivity contribution in [1.29, 1.82) is 0 Å². The van der Waals surface area contributed by atoms with Crippen molar-refractivity contribution in [3.05, 3.63) is 12.7 Å². The number of rotatable bonds is 5. The number of hydrogen-bond acceptors (Lipinski definition) is 7. The number of aromatic nitrogens is 4. The lowest BCUT2D eigenvalue weighted by Gasteiger charge is -2.36. The first-order valence-corrected chi connectivity index (χ1v) is 8.68. The molecule has 4 rings (SSSR count). The zero-order valence-electron chi connectivity index (χ0n) is 14.6. The van der Waals surface area contributed by atoms with Crippen LogP contribution < -0.4 is 4.90 Å².